The molecule has 0 unspecified atom stereocenters. The van der Waals surface area contributed by atoms with Gasteiger partial charge in [0.2, 0.25) is 0 Å². The number of aromatic nitrogens is 4. The van der Waals surface area contributed by atoms with Crippen LogP contribution in [-0.4, -0.2) is 36.6 Å². The SMILES string of the molecule is Cc1cc(NS(=O)(=O)c2ccc(NS(=O)(=O)c3cn(C(C)C)nc3-c3cccs3)cc2)nc(C)n1. The van der Waals surface area contributed by atoms with E-state index in [1.54, 1.807) is 18.5 Å². The maximum atomic E-state index is 13.2. The van der Waals surface area contributed by atoms with Gasteiger partial charge in [0.05, 0.1) is 9.77 Å². The Morgan fingerprint density at radius 1 is 0.943 bits per heavy atom. The molecular formula is C22H24N6O4S3. The van der Waals surface area contributed by atoms with E-state index in [1.807, 2.05) is 31.4 Å². The number of nitrogens with one attached hydrogen (secondary N) is 2. The Kier molecular flexibility index (Phi) is 6.66. The first kappa shape index (κ1) is 24.8. The third kappa shape index (κ3) is 5.52. The molecule has 0 amide bonds. The molecule has 0 atom stereocenters. The van der Waals surface area contributed by atoms with Crippen molar-refractivity contribution >= 4 is 42.9 Å². The van der Waals surface area contributed by atoms with Crippen molar-refractivity contribution in [3.8, 4) is 10.6 Å². The van der Waals surface area contributed by atoms with E-state index in [2.05, 4.69) is 24.5 Å². The van der Waals surface area contributed by atoms with Crippen LogP contribution in [0.15, 0.2) is 63.8 Å². The first-order valence-corrected chi connectivity index (χ1v) is 14.4. The molecule has 13 heteroatoms. The minimum Gasteiger partial charge on any atom is -0.280 e. The highest BCUT2D eigenvalue weighted by molar-refractivity contribution is 7.93. The lowest BCUT2D eigenvalue weighted by Gasteiger charge is -2.10. The van der Waals surface area contributed by atoms with Crippen LogP contribution >= 0.6 is 11.3 Å². The van der Waals surface area contributed by atoms with E-state index >= 15 is 0 Å². The van der Waals surface area contributed by atoms with Gasteiger partial charge in [-0.05, 0) is 63.4 Å². The van der Waals surface area contributed by atoms with E-state index in [4.69, 9.17) is 0 Å². The van der Waals surface area contributed by atoms with Crippen LogP contribution in [-0.2, 0) is 20.0 Å². The Labute approximate surface area is 208 Å². The van der Waals surface area contributed by atoms with Crippen LogP contribution < -0.4 is 9.44 Å². The molecule has 4 rings (SSSR count). The molecule has 0 saturated heterocycles. The Morgan fingerprint density at radius 2 is 1.66 bits per heavy atom. The second kappa shape index (κ2) is 9.40. The first-order valence-electron chi connectivity index (χ1n) is 10.6. The molecule has 2 N–H and O–H groups in total. The lowest BCUT2D eigenvalue weighted by Crippen LogP contribution is -2.16. The largest absolute Gasteiger partial charge is 0.280 e. The zero-order valence-electron chi connectivity index (χ0n) is 19.4. The zero-order valence-corrected chi connectivity index (χ0v) is 21.9. The van der Waals surface area contributed by atoms with Gasteiger partial charge in [-0.2, -0.15) is 5.10 Å². The molecule has 35 heavy (non-hydrogen) atoms. The predicted molar refractivity (Wildman–Crippen MR) is 135 cm³/mol. The van der Waals surface area contributed by atoms with Gasteiger partial charge in [0.25, 0.3) is 20.0 Å². The number of rotatable bonds is 8. The van der Waals surface area contributed by atoms with Crippen LogP contribution in [0.25, 0.3) is 10.6 Å². The molecule has 3 heterocycles. The number of thiophene rings is 1. The van der Waals surface area contributed by atoms with Crippen LogP contribution in [0.3, 0.4) is 0 Å². The van der Waals surface area contributed by atoms with Crippen LogP contribution in [0.4, 0.5) is 11.5 Å². The summed E-state index contributed by atoms with van der Waals surface area (Å²) in [5, 5.41) is 6.32. The van der Waals surface area contributed by atoms with Gasteiger partial charge in [-0.3, -0.25) is 14.1 Å². The van der Waals surface area contributed by atoms with Gasteiger partial charge in [-0.1, -0.05) is 6.07 Å². The highest BCUT2D eigenvalue weighted by atomic mass is 32.2. The molecule has 0 aliphatic carbocycles. The summed E-state index contributed by atoms with van der Waals surface area (Å²) in [5.74, 6) is 0.596. The molecule has 1 aromatic carbocycles. The molecule has 3 aromatic heterocycles. The summed E-state index contributed by atoms with van der Waals surface area (Å²) in [6.45, 7) is 7.22. The van der Waals surface area contributed by atoms with Gasteiger partial charge in [-0.15, -0.1) is 11.3 Å². The van der Waals surface area contributed by atoms with Gasteiger partial charge in [0.1, 0.15) is 22.2 Å². The van der Waals surface area contributed by atoms with Crippen molar-refractivity contribution in [3.63, 3.8) is 0 Å². The Morgan fingerprint density at radius 3 is 2.26 bits per heavy atom. The number of hydrogen-bond acceptors (Lipinski definition) is 8. The number of anilines is 2. The summed E-state index contributed by atoms with van der Waals surface area (Å²) in [4.78, 5) is 8.94. The van der Waals surface area contributed by atoms with Crippen molar-refractivity contribution < 1.29 is 16.8 Å². The predicted octanol–water partition coefficient (Wildman–Crippen LogP) is 4.20. The van der Waals surface area contributed by atoms with Gasteiger partial charge in [0.15, 0.2) is 0 Å². The topological polar surface area (TPSA) is 136 Å². The van der Waals surface area contributed by atoms with Crippen molar-refractivity contribution in [1.29, 1.82) is 0 Å². The van der Waals surface area contributed by atoms with E-state index in [0.29, 0.717) is 17.2 Å². The summed E-state index contributed by atoms with van der Waals surface area (Å²) in [6.07, 6.45) is 1.50. The van der Waals surface area contributed by atoms with Crippen molar-refractivity contribution in [2.45, 2.75) is 43.5 Å². The smallest absolute Gasteiger partial charge is 0.265 e. The number of benzene rings is 1. The fourth-order valence-corrected chi connectivity index (χ4v) is 6.29. The molecule has 0 radical (unpaired) electrons. The Bertz CT molecular complexity index is 1540. The lowest BCUT2D eigenvalue weighted by atomic mass is 10.3. The fraction of sp³-hybridized carbons (Fsp3) is 0.227. The zero-order chi connectivity index (χ0) is 25.4. The maximum Gasteiger partial charge on any atom is 0.265 e. The Balaban J connectivity index is 1.59. The second-order valence-electron chi connectivity index (χ2n) is 8.07. The van der Waals surface area contributed by atoms with Crippen LogP contribution in [0, 0.1) is 13.8 Å². The van der Waals surface area contributed by atoms with Gasteiger partial charge >= 0.3 is 0 Å². The Hall–Kier alpha value is -3.29. The van der Waals surface area contributed by atoms with Crippen molar-refractivity contribution in [2.24, 2.45) is 0 Å². The lowest BCUT2D eigenvalue weighted by molar-refractivity contribution is 0.532. The summed E-state index contributed by atoms with van der Waals surface area (Å²) >= 11 is 1.39. The minimum atomic E-state index is -4.00. The number of hydrogen-bond donors (Lipinski definition) is 2. The summed E-state index contributed by atoms with van der Waals surface area (Å²) in [5.41, 5.74) is 1.20. The van der Waals surface area contributed by atoms with E-state index < -0.39 is 20.0 Å². The monoisotopic (exact) mass is 532 g/mol. The quantitative estimate of drug-likeness (QED) is 0.347. The third-order valence-electron chi connectivity index (χ3n) is 4.89. The standard InChI is InChI=1S/C22H24N6O4S3/c1-14(2)28-13-20(22(25-28)19-6-5-11-33-19)35(31,32)26-17-7-9-18(10-8-17)34(29,30)27-21-12-15(3)23-16(4)24-21/h5-14,26H,1-4H3,(H,23,24,27). The average molecular weight is 533 g/mol. The highest BCUT2D eigenvalue weighted by Gasteiger charge is 2.25. The minimum absolute atomic E-state index is 0.0305. The molecule has 0 saturated carbocycles. The molecule has 0 bridgehead atoms. The van der Waals surface area contributed by atoms with Gasteiger partial charge in [-0.25, -0.2) is 26.8 Å². The summed E-state index contributed by atoms with van der Waals surface area (Å²) in [7, 11) is -7.93. The van der Waals surface area contributed by atoms with E-state index in [1.165, 1.54) is 47.9 Å². The second-order valence-corrected chi connectivity index (χ2v) is 12.4. The molecule has 0 fully saturated rings. The van der Waals surface area contributed by atoms with Gasteiger partial charge < -0.3 is 0 Å². The van der Waals surface area contributed by atoms with Crippen LogP contribution in [0.5, 0.6) is 0 Å². The highest BCUT2D eigenvalue weighted by Crippen LogP contribution is 2.32. The first-order chi connectivity index (χ1) is 16.4. The van der Waals surface area contributed by atoms with Crippen LogP contribution in [0.2, 0.25) is 0 Å². The third-order valence-corrected chi connectivity index (χ3v) is 8.52. The van der Waals surface area contributed by atoms with E-state index in [9.17, 15) is 16.8 Å². The average Bonchev–Trinajstić information content (AvgIpc) is 3.43. The number of aryl methyl sites for hydroxylation is 2. The fourth-order valence-electron chi connectivity index (χ4n) is 3.30. The molecule has 184 valence electrons. The number of nitrogens with zero attached hydrogens (tertiary/aromatic N) is 4. The summed E-state index contributed by atoms with van der Waals surface area (Å²) < 4.78 is 58.5. The molecule has 0 spiro atoms. The van der Waals surface area contributed by atoms with Crippen LogP contribution in [0.1, 0.15) is 31.4 Å². The molecular weight excluding hydrogens is 508 g/mol. The van der Waals surface area contributed by atoms with Crippen molar-refractivity contribution in [3.05, 3.63) is 65.6 Å². The van der Waals surface area contributed by atoms with E-state index in [0.717, 1.165) is 4.88 Å². The molecule has 10 nitrogen and oxygen atoms in total. The van der Waals surface area contributed by atoms with Crippen molar-refractivity contribution in [2.75, 3.05) is 9.44 Å². The van der Waals surface area contributed by atoms with E-state index in [-0.39, 0.29) is 27.3 Å². The molecule has 0 aliphatic heterocycles. The maximum absolute atomic E-state index is 13.2. The van der Waals surface area contributed by atoms with Crippen molar-refractivity contribution in [1.82, 2.24) is 19.7 Å². The summed E-state index contributed by atoms with van der Waals surface area (Å²) in [6, 6.07) is 10.5. The number of sulfonamides is 2. The van der Waals surface area contributed by atoms with Gasteiger partial charge in [0, 0.05) is 29.7 Å². The molecule has 4 aromatic rings. The normalized spacial score (nSPS) is 12.1. The molecule has 0 aliphatic rings.